The molecule has 142 valence electrons. The van der Waals surface area contributed by atoms with Crippen molar-refractivity contribution in [1.82, 2.24) is 9.97 Å². The van der Waals surface area contributed by atoms with Crippen molar-refractivity contribution < 1.29 is 9.59 Å². The van der Waals surface area contributed by atoms with Crippen molar-refractivity contribution in [2.75, 3.05) is 17.2 Å². The molecule has 6 nitrogen and oxygen atoms in total. The largest absolute Gasteiger partial charge is 0.354 e. The Morgan fingerprint density at radius 2 is 1.89 bits per heavy atom. The zero-order valence-corrected chi connectivity index (χ0v) is 16.0. The normalized spacial score (nSPS) is 10.4. The summed E-state index contributed by atoms with van der Waals surface area (Å²) < 4.78 is 0. The van der Waals surface area contributed by atoms with E-state index >= 15 is 0 Å². The summed E-state index contributed by atoms with van der Waals surface area (Å²) in [6, 6.07) is 15.9. The number of aromatic nitrogens is 2. The van der Waals surface area contributed by atoms with Crippen LogP contribution in [0.2, 0.25) is 5.02 Å². The maximum atomic E-state index is 12.5. The van der Waals surface area contributed by atoms with Crippen molar-refractivity contribution in [2.24, 2.45) is 0 Å². The van der Waals surface area contributed by atoms with Gasteiger partial charge in [0.1, 0.15) is 5.69 Å². The first-order chi connectivity index (χ1) is 13.5. The van der Waals surface area contributed by atoms with Crippen LogP contribution in [0.3, 0.4) is 0 Å². The van der Waals surface area contributed by atoms with Crippen LogP contribution in [0.15, 0.2) is 60.8 Å². The van der Waals surface area contributed by atoms with Crippen LogP contribution in [0.1, 0.15) is 33.3 Å². The number of carbonyl (C=O) groups is 2. The highest BCUT2D eigenvalue weighted by Gasteiger charge is 2.10. The van der Waals surface area contributed by atoms with Crippen molar-refractivity contribution in [3.05, 3.63) is 82.6 Å². The fourth-order valence-corrected chi connectivity index (χ4v) is 2.81. The van der Waals surface area contributed by atoms with Gasteiger partial charge >= 0.3 is 0 Å². The summed E-state index contributed by atoms with van der Waals surface area (Å²) in [6.07, 6.45) is 2.27. The molecule has 0 spiro atoms. The van der Waals surface area contributed by atoms with E-state index in [1.54, 1.807) is 24.3 Å². The van der Waals surface area contributed by atoms with Crippen molar-refractivity contribution in [2.45, 2.75) is 13.3 Å². The molecule has 0 saturated carbocycles. The van der Waals surface area contributed by atoms with Crippen LogP contribution in [0, 0.1) is 0 Å². The second-order valence-corrected chi connectivity index (χ2v) is 6.60. The average Bonchev–Trinajstić information content (AvgIpc) is 2.68. The van der Waals surface area contributed by atoms with Gasteiger partial charge in [0.25, 0.3) is 5.91 Å². The lowest BCUT2D eigenvalue weighted by Crippen LogP contribution is -2.16. The molecule has 0 bridgehead atoms. The van der Waals surface area contributed by atoms with E-state index in [2.05, 4.69) is 20.6 Å². The molecule has 0 radical (unpaired) electrons. The Morgan fingerprint density at radius 1 is 1.07 bits per heavy atom. The number of carbonyl (C=O) groups excluding carboxylic acids is 2. The van der Waals surface area contributed by atoms with E-state index in [-0.39, 0.29) is 17.4 Å². The quantitative estimate of drug-likeness (QED) is 0.585. The maximum absolute atomic E-state index is 12.5. The van der Waals surface area contributed by atoms with Gasteiger partial charge in [-0.3, -0.25) is 9.59 Å². The Hall–Kier alpha value is -3.25. The van der Waals surface area contributed by atoms with Gasteiger partial charge in [-0.05, 0) is 49.2 Å². The van der Waals surface area contributed by atoms with Gasteiger partial charge in [0, 0.05) is 29.0 Å². The predicted octanol–water partition coefficient (Wildman–Crippen LogP) is 4.24. The van der Waals surface area contributed by atoms with E-state index in [1.165, 1.54) is 19.2 Å². The molecule has 0 saturated heterocycles. The molecule has 3 aromatic rings. The third-order valence-corrected chi connectivity index (χ3v) is 4.24. The van der Waals surface area contributed by atoms with Gasteiger partial charge in [-0.2, -0.15) is 0 Å². The minimum Gasteiger partial charge on any atom is -0.354 e. The molecule has 1 amide bonds. The van der Waals surface area contributed by atoms with Crippen LogP contribution < -0.4 is 10.6 Å². The van der Waals surface area contributed by atoms with Crippen molar-refractivity contribution in [3.63, 3.8) is 0 Å². The first-order valence-electron chi connectivity index (χ1n) is 8.75. The van der Waals surface area contributed by atoms with Gasteiger partial charge in [-0.1, -0.05) is 35.9 Å². The molecule has 1 aromatic heterocycles. The summed E-state index contributed by atoms with van der Waals surface area (Å²) in [5.74, 6) is -0.0718. The minimum atomic E-state index is -0.374. The van der Waals surface area contributed by atoms with E-state index in [0.717, 1.165) is 12.0 Å². The Kier molecular flexibility index (Phi) is 6.34. The van der Waals surface area contributed by atoms with Crippen molar-refractivity contribution >= 4 is 34.9 Å². The summed E-state index contributed by atoms with van der Waals surface area (Å²) >= 11 is 5.98. The molecule has 0 aliphatic heterocycles. The van der Waals surface area contributed by atoms with Crippen LogP contribution in [0.4, 0.5) is 11.6 Å². The highest BCUT2D eigenvalue weighted by atomic mass is 35.5. The van der Waals surface area contributed by atoms with Crippen molar-refractivity contribution in [3.8, 4) is 0 Å². The average molecular weight is 395 g/mol. The summed E-state index contributed by atoms with van der Waals surface area (Å²) in [6.45, 7) is 2.08. The topological polar surface area (TPSA) is 84.0 Å². The molecule has 0 fully saturated rings. The van der Waals surface area contributed by atoms with Gasteiger partial charge < -0.3 is 10.6 Å². The highest BCUT2D eigenvalue weighted by Crippen LogP contribution is 2.13. The lowest BCUT2D eigenvalue weighted by molar-refractivity contribution is 0.100. The number of nitrogens with one attached hydrogen (secondary N) is 2. The third-order valence-electron chi connectivity index (χ3n) is 4.00. The van der Waals surface area contributed by atoms with Crippen LogP contribution in [-0.2, 0) is 6.42 Å². The Balaban J connectivity index is 1.61. The first-order valence-corrected chi connectivity index (χ1v) is 9.13. The molecular formula is C21H19ClN4O2. The number of rotatable bonds is 7. The standard InChI is InChI=1S/C21H19ClN4O2/c1-14(27)16-5-3-7-18(13-16)25-20(28)19-9-11-24-21(26-19)23-10-8-15-4-2-6-17(22)12-15/h2-7,9,11-13H,8,10H2,1H3,(H,25,28)(H,23,24,26). The first kappa shape index (κ1) is 19.5. The number of halogens is 1. The zero-order chi connectivity index (χ0) is 19.9. The lowest BCUT2D eigenvalue weighted by atomic mass is 10.1. The van der Waals surface area contributed by atoms with Crippen molar-refractivity contribution in [1.29, 1.82) is 0 Å². The van der Waals surface area contributed by atoms with E-state index in [4.69, 9.17) is 11.6 Å². The number of hydrogen-bond donors (Lipinski definition) is 2. The summed E-state index contributed by atoms with van der Waals surface area (Å²) in [5, 5.41) is 6.55. The molecule has 7 heteroatoms. The van der Waals surface area contributed by atoms with E-state index < -0.39 is 0 Å². The predicted molar refractivity (Wildman–Crippen MR) is 110 cm³/mol. The third kappa shape index (κ3) is 5.37. The van der Waals surface area contributed by atoms with Crippen LogP contribution in [-0.4, -0.2) is 28.2 Å². The number of ketones is 1. The second kappa shape index (κ2) is 9.10. The molecular weight excluding hydrogens is 376 g/mol. The molecule has 3 rings (SSSR count). The molecule has 2 aromatic carbocycles. The number of amides is 1. The fraction of sp³-hybridized carbons (Fsp3) is 0.143. The number of Topliss-reactive ketones (excluding diaryl/α,β-unsaturated/α-hetero) is 1. The SMILES string of the molecule is CC(=O)c1cccc(NC(=O)c2ccnc(NCCc3cccc(Cl)c3)n2)c1. The Bertz CT molecular complexity index is 1010. The smallest absolute Gasteiger partial charge is 0.274 e. The van der Waals surface area contributed by atoms with E-state index in [0.29, 0.717) is 28.8 Å². The molecule has 0 unspecified atom stereocenters. The molecule has 0 aliphatic carbocycles. The molecule has 1 heterocycles. The molecule has 0 atom stereocenters. The van der Waals surface area contributed by atoms with Crippen LogP contribution in [0.5, 0.6) is 0 Å². The van der Waals surface area contributed by atoms with Gasteiger partial charge in [0.15, 0.2) is 5.78 Å². The number of nitrogens with zero attached hydrogens (tertiary/aromatic N) is 2. The molecule has 28 heavy (non-hydrogen) atoms. The van der Waals surface area contributed by atoms with E-state index in [1.807, 2.05) is 24.3 Å². The molecule has 2 N–H and O–H groups in total. The highest BCUT2D eigenvalue weighted by molar-refractivity contribution is 6.30. The maximum Gasteiger partial charge on any atom is 0.274 e. The fourth-order valence-electron chi connectivity index (χ4n) is 2.59. The number of benzene rings is 2. The molecule has 0 aliphatic rings. The summed E-state index contributed by atoms with van der Waals surface area (Å²) in [7, 11) is 0. The Labute approximate surface area is 168 Å². The minimum absolute atomic E-state index is 0.0654. The van der Waals surface area contributed by atoms with Gasteiger partial charge in [-0.15, -0.1) is 0 Å². The summed E-state index contributed by atoms with van der Waals surface area (Å²) in [4.78, 5) is 32.3. The van der Waals surface area contributed by atoms with Crippen LogP contribution in [0.25, 0.3) is 0 Å². The summed E-state index contributed by atoms with van der Waals surface area (Å²) in [5.41, 5.74) is 2.39. The second-order valence-electron chi connectivity index (χ2n) is 6.16. The van der Waals surface area contributed by atoms with Gasteiger partial charge in [0.05, 0.1) is 0 Å². The van der Waals surface area contributed by atoms with Gasteiger partial charge in [0.2, 0.25) is 5.95 Å². The monoisotopic (exact) mass is 394 g/mol. The van der Waals surface area contributed by atoms with Crippen LogP contribution >= 0.6 is 11.6 Å². The lowest BCUT2D eigenvalue weighted by Gasteiger charge is -2.08. The zero-order valence-electron chi connectivity index (χ0n) is 15.3. The Morgan fingerprint density at radius 3 is 2.68 bits per heavy atom. The number of hydrogen-bond acceptors (Lipinski definition) is 5. The number of anilines is 2. The van der Waals surface area contributed by atoms with E-state index in [9.17, 15) is 9.59 Å². The van der Waals surface area contributed by atoms with Gasteiger partial charge in [-0.25, -0.2) is 9.97 Å².